The van der Waals surface area contributed by atoms with E-state index in [9.17, 15) is 4.79 Å². The summed E-state index contributed by atoms with van der Waals surface area (Å²) in [5.74, 6) is 0.638. The van der Waals surface area contributed by atoms with Crippen molar-refractivity contribution in [2.24, 2.45) is 0 Å². The molecule has 0 aliphatic carbocycles. The third kappa shape index (κ3) is 6.57. The van der Waals surface area contributed by atoms with Crippen molar-refractivity contribution in [3.05, 3.63) is 70.8 Å². The highest BCUT2D eigenvalue weighted by molar-refractivity contribution is 5.92. The van der Waals surface area contributed by atoms with Gasteiger partial charge in [-0.2, -0.15) is 0 Å². The van der Waals surface area contributed by atoms with E-state index in [1.807, 2.05) is 25.1 Å². The van der Waals surface area contributed by atoms with E-state index in [4.69, 9.17) is 4.74 Å². The molecule has 0 aliphatic heterocycles. The predicted molar refractivity (Wildman–Crippen MR) is 112 cm³/mol. The first-order valence-corrected chi connectivity index (χ1v) is 9.46. The topological polar surface area (TPSA) is 41.6 Å². The fraction of sp³-hybridized carbons (Fsp3) is 0.348. The lowest BCUT2D eigenvalue weighted by atomic mass is 10.1. The summed E-state index contributed by atoms with van der Waals surface area (Å²) in [6.07, 6.45) is 3.33. The van der Waals surface area contributed by atoms with Gasteiger partial charge in [-0.05, 0) is 49.3 Å². The monoisotopic (exact) mass is 366 g/mol. The van der Waals surface area contributed by atoms with Gasteiger partial charge in [0.1, 0.15) is 5.75 Å². The third-order valence-corrected chi connectivity index (χ3v) is 4.59. The van der Waals surface area contributed by atoms with E-state index in [1.165, 1.54) is 5.56 Å². The maximum absolute atomic E-state index is 12.1. The number of aryl methyl sites for hydroxylation is 1. The zero-order chi connectivity index (χ0) is 19.6. The Morgan fingerprint density at radius 1 is 1.07 bits per heavy atom. The van der Waals surface area contributed by atoms with Gasteiger partial charge in [0, 0.05) is 24.7 Å². The maximum Gasteiger partial charge on any atom is 0.244 e. The minimum absolute atomic E-state index is 0.120. The van der Waals surface area contributed by atoms with Crippen LogP contribution in [-0.2, 0) is 17.9 Å². The summed E-state index contributed by atoms with van der Waals surface area (Å²) in [6, 6.07) is 14.3. The van der Waals surface area contributed by atoms with Gasteiger partial charge in [-0.25, -0.2) is 0 Å². The summed E-state index contributed by atoms with van der Waals surface area (Å²) < 4.78 is 5.33. The number of rotatable bonds is 9. The van der Waals surface area contributed by atoms with Crippen LogP contribution in [0.25, 0.3) is 6.08 Å². The van der Waals surface area contributed by atoms with E-state index in [-0.39, 0.29) is 5.91 Å². The summed E-state index contributed by atoms with van der Waals surface area (Å²) in [4.78, 5) is 14.5. The van der Waals surface area contributed by atoms with Crippen molar-refractivity contribution >= 4 is 12.0 Å². The quantitative estimate of drug-likeness (QED) is 0.677. The predicted octanol–water partition coefficient (Wildman–Crippen LogP) is 4.18. The molecule has 0 aromatic heterocycles. The second-order valence-corrected chi connectivity index (χ2v) is 6.57. The van der Waals surface area contributed by atoms with Crippen molar-refractivity contribution in [2.75, 3.05) is 20.2 Å². The molecule has 0 unspecified atom stereocenters. The second kappa shape index (κ2) is 10.5. The van der Waals surface area contributed by atoms with Gasteiger partial charge in [-0.15, -0.1) is 0 Å². The molecule has 2 rings (SSSR count). The van der Waals surface area contributed by atoms with Gasteiger partial charge in [0.25, 0.3) is 0 Å². The molecule has 2 aromatic carbocycles. The lowest BCUT2D eigenvalue weighted by Crippen LogP contribution is -2.22. The van der Waals surface area contributed by atoms with Gasteiger partial charge in [-0.3, -0.25) is 9.69 Å². The highest BCUT2D eigenvalue weighted by Gasteiger charge is 2.03. The van der Waals surface area contributed by atoms with Gasteiger partial charge in [-0.1, -0.05) is 49.7 Å². The molecular formula is C23H30N2O2. The molecule has 0 atom stereocenters. The van der Waals surface area contributed by atoms with Crippen molar-refractivity contribution in [3.8, 4) is 5.75 Å². The summed E-state index contributed by atoms with van der Waals surface area (Å²) >= 11 is 0. The Hall–Kier alpha value is -2.59. The van der Waals surface area contributed by atoms with Crippen LogP contribution in [0.4, 0.5) is 0 Å². The van der Waals surface area contributed by atoms with Crippen LogP contribution in [-0.4, -0.2) is 31.0 Å². The number of hydrogen-bond acceptors (Lipinski definition) is 3. The van der Waals surface area contributed by atoms with Gasteiger partial charge < -0.3 is 10.1 Å². The van der Waals surface area contributed by atoms with E-state index in [1.54, 1.807) is 19.3 Å². The molecule has 0 radical (unpaired) electrons. The maximum atomic E-state index is 12.1. The average Bonchev–Trinajstić information content (AvgIpc) is 2.69. The fourth-order valence-electron chi connectivity index (χ4n) is 2.87. The molecule has 4 heteroatoms. The zero-order valence-electron chi connectivity index (χ0n) is 16.8. The minimum atomic E-state index is -0.120. The average molecular weight is 367 g/mol. The van der Waals surface area contributed by atoms with E-state index < -0.39 is 0 Å². The minimum Gasteiger partial charge on any atom is -0.496 e. The molecule has 1 N–H and O–H groups in total. The van der Waals surface area contributed by atoms with Crippen molar-refractivity contribution in [1.29, 1.82) is 0 Å². The van der Waals surface area contributed by atoms with Crippen LogP contribution < -0.4 is 10.1 Å². The molecule has 0 saturated heterocycles. The van der Waals surface area contributed by atoms with Crippen LogP contribution in [0, 0.1) is 6.92 Å². The molecule has 0 aliphatic rings. The highest BCUT2D eigenvalue weighted by atomic mass is 16.5. The molecular weight excluding hydrogens is 336 g/mol. The van der Waals surface area contributed by atoms with Crippen molar-refractivity contribution in [2.45, 2.75) is 33.9 Å². The van der Waals surface area contributed by atoms with Crippen LogP contribution in [0.1, 0.15) is 36.1 Å². The Balaban J connectivity index is 1.89. The Morgan fingerprint density at radius 2 is 1.74 bits per heavy atom. The normalized spacial score (nSPS) is 11.1. The molecule has 27 heavy (non-hydrogen) atoms. The number of carbonyl (C=O) groups excluding carboxylic acids is 1. The number of nitrogens with zero attached hydrogens (tertiary/aromatic N) is 1. The van der Waals surface area contributed by atoms with Crippen molar-refractivity contribution < 1.29 is 9.53 Å². The van der Waals surface area contributed by atoms with Crippen molar-refractivity contribution in [3.63, 3.8) is 0 Å². The molecule has 0 heterocycles. The van der Waals surface area contributed by atoms with Crippen molar-refractivity contribution in [1.82, 2.24) is 10.2 Å². The summed E-state index contributed by atoms with van der Waals surface area (Å²) in [5, 5.41) is 2.93. The summed E-state index contributed by atoms with van der Waals surface area (Å²) in [7, 11) is 1.63. The number of benzene rings is 2. The number of amides is 1. The smallest absolute Gasteiger partial charge is 0.244 e. The molecule has 0 spiro atoms. The first-order valence-electron chi connectivity index (χ1n) is 9.46. The van der Waals surface area contributed by atoms with E-state index >= 15 is 0 Å². The molecule has 2 aromatic rings. The number of hydrogen-bond donors (Lipinski definition) is 1. The lowest BCUT2D eigenvalue weighted by molar-refractivity contribution is -0.116. The van der Waals surface area contributed by atoms with Gasteiger partial charge in [0.2, 0.25) is 5.91 Å². The summed E-state index contributed by atoms with van der Waals surface area (Å²) in [6.45, 7) is 9.93. The summed E-state index contributed by atoms with van der Waals surface area (Å²) in [5.41, 5.74) is 4.41. The Morgan fingerprint density at radius 3 is 2.37 bits per heavy atom. The SMILES string of the molecule is CCN(CC)Cc1ccc(CNC(=O)/C=C/c2cc(C)ccc2OC)cc1. The zero-order valence-corrected chi connectivity index (χ0v) is 16.8. The van der Waals surface area contributed by atoms with Gasteiger partial charge >= 0.3 is 0 Å². The molecule has 0 saturated carbocycles. The van der Waals surface area contributed by atoms with Gasteiger partial charge in [0.15, 0.2) is 0 Å². The van der Waals surface area contributed by atoms with E-state index in [0.29, 0.717) is 6.54 Å². The number of carbonyl (C=O) groups is 1. The van der Waals surface area contributed by atoms with Crippen LogP contribution >= 0.6 is 0 Å². The second-order valence-electron chi connectivity index (χ2n) is 6.57. The molecule has 144 valence electrons. The number of ether oxygens (including phenoxy) is 1. The molecule has 4 nitrogen and oxygen atoms in total. The Labute approximate surface area is 162 Å². The van der Waals surface area contributed by atoms with Crippen LogP contribution in [0.3, 0.4) is 0 Å². The standard InChI is InChI=1S/C23H30N2O2/c1-5-25(6-2)17-20-10-8-19(9-11-20)16-24-23(26)14-12-21-15-18(3)7-13-22(21)27-4/h7-15H,5-6,16-17H2,1-4H3,(H,24,26)/b14-12+. The molecule has 0 fully saturated rings. The highest BCUT2D eigenvalue weighted by Crippen LogP contribution is 2.20. The van der Waals surface area contributed by atoms with Crippen LogP contribution in [0.5, 0.6) is 5.75 Å². The fourth-order valence-corrected chi connectivity index (χ4v) is 2.87. The third-order valence-electron chi connectivity index (χ3n) is 4.59. The Bertz CT molecular complexity index is 762. The van der Waals surface area contributed by atoms with Crippen LogP contribution in [0.15, 0.2) is 48.5 Å². The first kappa shape index (κ1) is 20.7. The van der Waals surface area contributed by atoms with E-state index in [0.717, 1.165) is 42.1 Å². The number of nitrogens with one attached hydrogen (secondary N) is 1. The first-order chi connectivity index (χ1) is 13.0. The van der Waals surface area contributed by atoms with E-state index in [2.05, 4.69) is 48.3 Å². The molecule has 0 bridgehead atoms. The lowest BCUT2D eigenvalue weighted by Gasteiger charge is -2.18. The largest absolute Gasteiger partial charge is 0.496 e. The van der Waals surface area contributed by atoms with Crippen LogP contribution in [0.2, 0.25) is 0 Å². The number of methoxy groups -OCH3 is 1. The Kier molecular flexibility index (Phi) is 8.08. The van der Waals surface area contributed by atoms with Gasteiger partial charge in [0.05, 0.1) is 7.11 Å². The molecule has 1 amide bonds.